The zero-order chi connectivity index (χ0) is 22.9. The second-order valence-electron chi connectivity index (χ2n) is 8.28. The first-order valence-electron chi connectivity index (χ1n) is 11.1. The molecule has 1 amide bonds. The van der Waals surface area contributed by atoms with Gasteiger partial charge in [-0.2, -0.15) is 0 Å². The molecule has 10 nitrogen and oxygen atoms in total. The summed E-state index contributed by atoms with van der Waals surface area (Å²) in [5.74, 6) is 0.389. The van der Waals surface area contributed by atoms with Gasteiger partial charge >= 0.3 is 0 Å². The van der Waals surface area contributed by atoms with E-state index in [0.29, 0.717) is 38.2 Å². The third-order valence-corrected chi connectivity index (χ3v) is 5.74. The number of nitrogens with one attached hydrogen (secondary N) is 3. The summed E-state index contributed by atoms with van der Waals surface area (Å²) < 4.78 is 5.70. The fraction of sp³-hybridized carbons (Fsp3) is 0.591. The van der Waals surface area contributed by atoms with Gasteiger partial charge in [-0.1, -0.05) is 12.8 Å². The highest BCUT2D eigenvalue weighted by molar-refractivity contribution is 5.86. The van der Waals surface area contributed by atoms with Crippen molar-refractivity contribution in [3.05, 3.63) is 40.1 Å². The van der Waals surface area contributed by atoms with Crippen molar-refractivity contribution >= 4 is 16.8 Å². The molecule has 176 valence electrons. The van der Waals surface area contributed by atoms with E-state index in [1.807, 2.05) is 31.3 Å². The van der Waals surface area contributed by atoms with Crippen LogP contribution in [0.1, 0.15) is 44.1 Å². The fourth-order valence-corrected chi connectivity index (χ4v) is 4.18. The van der Waals surface area contributed by atoms with Crippen molar-refractivity contribution in [1.82, 2.24) is 15.6 Å². The number of aryl methyl sites for hydroxylation is 1. The third kappa shape index (κ3) is 7.10. The van der Waals surface area contributed by atoms with Crippen molar-refractivity contribution in [2.45, 2.75) is 57.8 Å². The molecule has 1 unspecified atom stereocenters. The lowest BCUT2D eigenvalue weighted by molar-refractivity contribution is -0.771. The summed E-state index contributed by atoms with van der Waals surface area (Å²) in [7, 11) is 0. The second-order valence-corrected chi connectivity index (χ2v) is 8.28. The van der Waals surface area contributed by atoms with Crippen LogP contribution in [0.5, 0.6) is 5.75 Å². The highest BCUT2D eigenvalue weighted by Crippen LogP contribution is 2.29. The molecule has 1 aliphatic carbocycles. The summed E-state index contributed by atoms with van der Waals surface area (Å²) in [6.45, 7) is 3.48. The molecule has 1 aromatic carbocycles. The minimum absolute atomic E-state index is 0.123. The number of nitrogens with zero attached hydrogens (tertiary/aromatic N) is 1. The quantitative estimate of drug-likeness (QED) is 0.169. The number of carbonyl (C=O) groups is 1. The normalized spacial score (nSPS) is 19.4. The third-order valence-electron chi connectivity index (χ3n) is 5.74. The Labute approximate surface area is 186 Å². The monoisotopic (exact) mass is 448 g/mol. The SMILES string of the molecule is Cc1cc(OC(O)CCNCCNC(=O)C[C@@H]2CCCC[C@H]2O[N+](=O)[O-])c2cc[nH]c2c1. The fourth-order valence-electron chi connectivity index (χ4n) is 4.18. The van der Waals surface area contributed by atoms with Gasteiger partial charge in [0.15, 0.2) is 6.29 Å². The van der Waals surface area contributed by atoms with E-state index in [2.05, 4.69) is 15.6 Å². The highest BCUT2D eigenvalue weighted by atomic mass is 17.0. The molecule has 0 radical (unpaired) electrons. The number of aromatic nitrogens is 1. The summed E-state index contributed by atoms with van der Waals surface area (Å²) in [4.78, 5) is 30.7. The molecule has 1 heterocycles. The molecule has 0 spiro atoms. The van der Waals surface area contributed by atoms with Crippen molar-refractivity contribution in [3.63, 3.8) is 0 Å². The smallest absolute Gasteiger partial charge is 0.294 e. The van der Waals surface area contributed by atoms with Gasteiger partial charge in [-0.05, 0) is 49.4 Å². The van der Waals surface area contributed by atoms with Crippen molar-refractivity contribution < 1.29 is 24.6 Å². The van der Waals surface area contributed by atoms with Gasteiger partial charge in [0.25, 0.3) is 5.09 Å². The summed E-state index contributed by atoms with van der Waals surface area (Å²) in [6.07, 6.45) is 4.25. The maximum absolute atomic E-state index is 12.2. The molecule has 0 saturated heterocycles. The Balaban J connectivity index is 1.30. The van der Waals surface area contributed by atoms with E-state index >= 15 is 0 Å². The molecule has 10 heteroatoms. The van der Waals surface area contributed by atoms with Gasteiger partial charge in [-0.25, -0.2) is 0 Å². The topological polar surface area (TPSA) is 139 Å². The molecule has 2 aromatic rings. The molecule has 0 aliphatic heterocycles. The number of hydrogen-bond acceptors (Lipinski definition) is 7. The average molecular weight is 449 g/mol. The predicted molar refractivity (Wildman–Crippen MR) is 119 cm³/mol. The lowest BCUT2D eigenvalue weighted by Gasteiger charge is -2.29. The van der Waals surface area contributed by atoms with Gasteiger partial charge < -0.3 is 30.3 Å². The Hall–Kier alpha value is -2.85. The van der Waals surface area contributed by atoms with Crippen molar-refractivity contribution in [3.8, 4) is 5.75 Å². The number of ether oxygens (including phenoxy) is 1. The van der Waals surface area contributed by atoms with Gasteiger partial charge in [0, 0.05) is 49.6 Å². The number of rotatable bonds is 12. The minimum Gasteiger partial charge on any atom is -0.464 e. The van der Waals surface area contributed by atoms with Gasteiger partial charge in [0.2, 0.25) is 5.91 Å². The van der Waals surface area contributed by atoms with Crippen molar-refractivity contribution in [2.75, 3.05) is 19.6 Å². The van der Waals surface area contributed by atoms with Crippen LogP contribution >= 0.6 is 0 Å². The molecule has 3 atom stereocenters. The van der Waals surface area contributed by atoms with E-state index in [1.165, 1.54) is 0 Å². The first-order chi connectivity index (χ1) is 15.4. The lowest BCUT2D eigenvalue weighted by atomic mass is 9.84. The minimum atomic E-state index is -0.943. The highest BCUT2D eigenvalue weighted by Gasteiger charge is 2.29. The molecule has 0 bridgehead atoms. The number of amides is 1. The van der Waals surface area contributed by atoms with E-state index in [0.717, 1.165) is 35.7 Å². The van der Waals surface area contributed by atoms with E-state index in [-0.39, 0.29) is 18.2 Å². The van der Waals surface area contributed by atoms with Crippen LogP contribution < -0.4 is 15.4 Å². The Kier molecular flexibility index (Phi) is 8.69. The number of aliphatic hydroxyl groups excluding tert-OH is 1. The van der Waals surface area contributed by atoms with Crippen LogP contribution in [0.4, 0.5) is 0 Å². The van der Waals surface area contributed by atoms with Crippen LogP contribution in [-0.4, -0.2) is 53.1 Å². The second kappa shape index (κ2) is 11.7. The summed E-state index contributed by atoms with van der Waals surface area (Å²) in [5.41, 5.74) is 2.01. The molecular weight excluding hydrogens is 416 g/mol. The molecule has 32 heavy (non-hydrogen) atoms. The van der Waals surface area contributed by atoms with E-state index < -0.39 is 17.5 Å². The molecule has 3 rings (SSSR count). The van der Waals surface area contributed by atoms with Crippen LogP contribution in [-0.2, 0) is 9.63 Å². The predicted octanol–water partition coefficient (Wildman–Crippen LogP) is 2.43. The number of hydrogen-bond donors (Lipinski definition) is 4. The Morgan fingerprint density at radius 2 is 2.12 bits per heavy atom. The largest absolute Gasteiger partial charge is 0.464 e. The number of aromatic amines is 1. The van der Waals surface area contributed by atoms with Crippen LogP contribution in [0, 0.1) is 23.0 Å². The number of fused-ring (bicyclic) bond motifs is 1. The summed E-state index contributed by atoms with van der Waals surface area (Å²) >= 11 is 0. The standard InChI is InChI=1S/C22H32N4O6/c1-15-12-18-17(6-9-24-18)20(13-15)31-22(28)7-8-23-10-11-25-21(27)14-16-4-2-3-5-19(16)32-26(29)30/h6,9,12-13,16,19,22-24,28H,2-5,7-8,10-11,14H2,1H3,(H,25,27)/t16-,19+,22?/m0/s1. The van der Waals surface area contributed by atoms with Gasteiger partial charge in [0.1, 0.15) is 11.9 Å². The Morgan fingerprint density at radius 3 is 2.94 bits per heavy atom. The number of carbonyl (C=O) groups excluding carboxylic acids is 1. The van der Waals surface area contributed by atoms with E-state index in [9.17, 15) is 20.0 Å². The van der Waals surface area contributed by atoms with Crippen LogP contribution in [0.15, 0.2) is 24.4 Å². The molecular formula is C22H32N4O6. The number of aliphatic hydroxyl groups is 1. The number of H-pyrrole nitrogens is 1. The molecule has 1 fully saturated rings. The average Bonchev–Trinajstić information content (AvgIpc) is 3.20. The Bertz CT molecular complexity index is 902. The number of benzene rings is 1. The Morgan fingerprint density at radius 1 is 1.31 bits per heavy atom. The maximum Gasteiger partial charge on any atom is 0.294 e. The first-order valence-corrected chi connectivity index (χ1v) is 11.1. The molecule has 4 N–H and O–H groups in total. The van der Waals surface area contributed by atoms with Gasteiger partial charge in [-0.3, -0.25) is 4.79 Å². The molecule has 1 aromatic heterocycles. The van der Waals surface area contributed by atoms with Gasteiger partial charge in [-0.15, -0.1) is 10.1 Å². The van der Waals surface area contributed by atoms with Crippen molar-refractivity contribution in [1.29, 1.82) is 0 Å². The zero-order valence-electron chi connectivity index (χ0n) is 18.3. The summed E-state index contributed by atoms with van der Waals surface area (Å²) in [5, 5.41) is 27.0. The van der Waals surface area contributed by atoms with Crippen molar-refractivity contribution in [2.24, 2.45) is 5.92 Å². The van der Waals surface area contributed by atoms with E-state index in [4.69, 9.17) is 9.57 Å². The zero-order valence-corrected chi connectivity index (χ0v) is 18.3. The maximum atomic E-state index is 12.2. The lowest BCUT2D eigenvalue weighted by Crippen LogP contribution is -2.37. The summed E-state index contributed by atoms with van der Waals surface area (Å²) in [6, 6.07) is 5.83. The van der Waals surface area contributed by atoms with Crippen LogP contribution in [0.25, 0.3) is 10.9 Å². The molecule has 1 saturated carbocycles. The molecule has 1 aliphatic rings. The first kappa shape index (κ1) is 23.8. The van der Waals surface area contributed by atoms with Gasteiger partial charge in [0.05, 0.1) is 0 Å². The van der Waals surface area contributed by atoms with E-state index in [1.54, 1.807) is 0 Å². The van der Waals surface area contributed by atoms with Crippen LogP contribution in [0.3, 0.4) is 0 Å². The van der Waals surface area contributed by atoms with Crippen LogP contribution in [0.2, 0.25) is 0 Å².